The Morgan fingerprint density at radius 2 is 0.625 bits per heavy atom. The predicted octanol–water partition coefficient (Wildman–Crippen LogP) is 2.66. The zero-order chi connectivity index (χ0) is 9.90. The van der Waals surface area contributed by atoms with E-state index in [1.165, 1.54) is 70.6 Å². The monoisotopic (exact) mass is 234 g/mol. The molecule has 0 aromatic carbocycles. The molecule has 1 rings (SSSR count). The first-order chi connectivity index (χ1) is 7.00. The van der Waals surface area contributed by atoms with Crippen LogP contribution in [0.3, 0.4) is 0 Å². The third-order valence-electron chi connectivity index (χ3n) is 3.08. The van der Waals surface area contributed by atoms with E-state index in [4.69, 9.17) is 4.74 Å². The zero-order valence-corrected chi connectivity index (χ0v) is 10.6. The summed E-state index contributed by atoms with van der Waals surface area (Å²) >= 11 is 0. The molecule has 0 aromatic rings. The lowest BCUT2D eigenvalue weighted by Crippen LogP contribution is -1.97. The van der Waals surface area contributed by atoms with Crippen molar-refractivity contribution in [2.75, 3.05) is 13.2 Å². The second kappa shape index (κ2) is 14.9. The Bertz CT molecular complexity index is 64.4. The summed E-state index contributed by atoms with van der Waals surface area (Å²) in [6, 6.07) is 0. The minimum atomic E-state index is 0. The third kappa shape index (κ3) is 12.0. The quantitative estimate of drug-likeness (QED) is 0.635. The molecule has 4 N–H and O–H groups in total. The predicted molar refractivity (Wildman–Crippen MR) is 68.8 cm³/mol. The number of hydrogen-bond acceptors (Lipinski definition) is 1. The molecule has 0 unspecified atom stereocenters. The zero-order valence-electron chi connectivity index (χ0n) is 10.6. The third-order valence-corrected chi connectivity index (χ3v) is 3.08. The Hall–Kier alpha value is -0.120. The molecule has 16 heavy (non-hydrogen) atoms. The molecular formula is C13H30O3. The summed E-state index contributed by atoms with van der Waals surface area (Å²) in [5, 5.41) is 0. The molecule has 0 atom stereocenters. The van der Waals surface area contributed by atoms with Gasteiger partial charge in [0, 0.05) is 13.2 Å². The molecule has 0 radical (unpaired) electrons. The van der Waals surface area contributed by atoms with E-state index >= 15 is 0 Å². The van der Waals surface area contributed by atoms with Gasteiger partial charge in [-0.25, -0.2) is 0 Å². The first-order valence-electron chi connectivity index (χ1n) is 6.58. The second-order valence-electron chi connectivity index (χ2n) is 4.50. The largest absolute Gasteiger partial charge is 0.412 e. The molecule has 3 heteroatoms. The molecule has 1 saturated heterocycles. The standard InChI is InChI=1S/C13H26O.2H2O/c1-2-4-6-8-10-12-14-13-11-9-7-5-3-1;;/h1-13H2;2*1H2. The van der Waals surface area contributed by atoms with Crippen LogP contribution in [0.2, 0.25) is 0 Å². The van der Waals surface area contributed by atoms with Crippen LogP contribution < -0.4 is 0 Å². The van der Waals surface area contributed by atoms with Crippen LogP contribution >= 0.6 is 0 Å². The molecule has 1 heterocycles. The van der Waals surface area contributed by atoms with Gasteiger partial charge >= 0.3 is 0 Å². The lowest BCUT2D eigenvalue weighted by atomic mass is 10.1. The van der Waals surface area contributed by atoms with Gasteiger partial charge in [-0.1, -0.05) is 57.8 Å². The van der Waals surface area contributed by atoms with Crippen LogP contribution in [0.15, 0.2) is 0 Å². The molecule has 100 valence electrons. The van der Waals surface area contributed by atoms with Gasteiger partial charge in [-0.15, -0.1) is 0 Å². The number of ether oxygens (including phenoxy) is 1. The SMILES string of the molecule is C1CCCCCCOCCCCCC1.O.O. The Kier molecular flexibility index (Phi) is 17.0. The van der Waals surface area contributed by atoms with Gasteiger partial charge in [0.05, 0.1) is 0 Å². The maximum absolute atomic E-state index is 5.58. The molecule has 0 aromatic heterocycles. The molecule has 0 saturated carbocycles. The van der Waals surface area contributed by atoms with Gasteiger partial charge in [-0.2, -0.15) is 0 Å². The topological polar surface area (TPSA) is 72.2 Å². The van der Waals surface area contributed by atoms with Crippen molar-refractivity contribution in [3.63, 3.8) is 0 Å². The van der Waals surface area contributed by atoms with Gasteiger partial charge in [-0.05, 0) is 12.8 Å². The van der Waals surface area contributed by atoms with Crippen molar-refractivity contribution in [1.29, 1.82) is 0 Å². The van der Waals surface area contributed by atoms with Gasteiger partial charge in [0.25, 0.3) is 0 Å². The summed E-state index contributed by atoms with van der Waals surface area (Å²) in [6.07, 6.45) is 15.4. The van der Waals surface area contributed by atoms with Crippen LogP contribution in [0.25, 0.3) is 0 Å². The highest BCUT2D eigenvalue weighted by atomic mass is 16.5. The minimum absolute atomic E-state index is 0. The lowest BCUT2D eigenvalue weighted by molar-refractivity contribution is 0.125. The molecule has 0 amide bonds. The van der Waals surface area contributed by atoms with Crippen molar-refractivity contribution in [3.8, 4) is 0 Å². The average Bonchev–Trinajstić information content (AvgIpc) is 2.22. The van der Waals surface area contributed by atoms with Crippen LogP contribution in [0.5, 0.6) is 0 Å². The highest BCUT2D eigenvalue weighted by molar-refractivity contribution is 4.49. The van der Waals surface area contributed by atoms with Gasteiger partial charge in [0.2, 0.25) is 0 Å². The highest BCUT2D eigenvalue weighted by Gasteiger charge is 1.96. The van der Waals surface area contributed by atoms with E-state index in [9.17, 15) is 0 Å². The van der Waals surface area contributed by atoms with E-state index in [0.29, 0.717) is 0 Å². The fourth-order valence-electron chi connectivity index (χ4n) is 2.10. The average molecular weight is 234 g/mol. The second-order valence-corrected chi connectivity index (χ2v) is 4.50. The Morgan fingerprint density at radius 3 is 0.938 bits per heavy atom. The van der Waals surface area contributed by atoms with Crippen LogP contribution in [0.4, 0.5) is 0 Å². The van der Waals surface area contributed by atoms with Crippen molar-refractivity contribution >= 4 is 0 Å². The van der Waals surface area contributed by atoms with Gasteiger partial charge < -0.3 is 15.7 Å². The Balaban J connectivity index is 0. The van der Waals surface area contributed by atoms with Crippen molar-refractivity contribution in [3.05, 3.63) is 0 Å². The minimum Gasteiger partial charge on any atom is -0.412 e. The van der Waals surface area contributed by atoms with Crippen molar-refractivity contribution in [2.45, 2.75) is 70.6 Å². The van der Waals surface area contributed by atoms with Crippen LogP contribution in [-0.2, 0) is 4.74 Å². The highest BCUT2D eigenvalue weighted by Crippen LogP contribution is 2.12. The van der Waals surface area contributed by atoms with E-state index < -0.39 is 0 Å². The summed E-state index contributed by atoms with van der Waals surface area (Å²) in [7, 11) is 0. The summed E-state index contributed by atoms with van der Waals surface area (Å²) in [5.74, 6) is 0. The van der Waals surface area contributed by atoms with Crippen LogP contribution in [0, 0.1) is 0 Å². The number of rotatable bonds is 0. The summed E-state index contributed by atoms with van der Waals surface area (Å²) in [4.78, 5) is 0. The van der Waals surface area contributed by atoms with E-state index in [1.807, 2.05) is 0 Å². The summed E-state index contributed by atoms with van der Waals surface area (Å²) in [5.41, 5.74) is 0. The van der Waals surface area contributed by atoms with Gasteiger partial charge in [0.15, 0.2) is 0 Å². The molecule has 0 spiro atoms. The summed E-state index contributed by atoms with van der Waals surface area (Å²) in [6.45, 7) is 2.00. The smallest absolute Gasteiger partial charge is 0.0466 e. The van der Waals surface area contributed by atoms with Crippen LogP contribution in [-0.4, -0.2) is 24.2 Å². The molecule has 1 fully saturated rings. The van der Waals surface area contributed by atoms with E-state index in [0.717, 1.165) is 13.2 Å². The maximum atomic E-state index is 5.58. The fourth-order valence-corrected chi connectivity index (χ4v) is 2.10. The molecule has 0 bridgehead atoms. The van der Waals surface area contributed by atoms with E-state index in [-0.39, 0.29) is 11.0 Å². The summed E-state index contributed by atoms with van der Waals surface area (Å²) < 4.78 is 5.58. The van der Waals surface area contributed by atoms with E-state index in [2.05, 4.69) is 0 Å². The van der Waals surface area contributed by atoms with E-state index in [1.54, 1.807) is 0 Å². The molecule has 0 aliphatic carbocycles. The van der Waals surface area contributed by atoms with Crippen LogP contribution in [0.1, 0.15) is 70.6 Å². The molecule has 3 nitrogen and oxygen atoms in total. The molecule has 1 aliphatic heterocycles. The Labute approximate surface area is 100 Å². The maximum Gasteiger partial charge on any atom is 0.0466 e. The van der Waals surface area contributed by atoms with Gasteiger partial charge in [0.1, 0.15) is 0 Å². The van der Waals surface area contributed by atoms with Gasteiger partial charge in [-0.3, -0.25) is 0 Å². The normalized spacial score (nSPS) is 21.0. The molecular weight excluding hydrogens is 204 g/mol. The van der Waals surface area contributed by atoms with Crippen molar-refractivity contribution in [2.24, 2.45) is 0 Å². The number of hydrogen-bond donors (Lipinski definition) is 0. The fraction of sp³-hybridized carbons (Fsp3) is 1.00. The first-order valence-corrected chi connectivity index (χ1v) is 6.58. The van der Waals surface area contributed by atoms with Crippen molar-refractivity contribution in [1.82, 2.24) is 0 Å². The van der Waals surface area contributed by atoms with Crippen molar-refractivity contribution < 1.29 is 15.7 Å². The first kappa shape index (κ1) is 18.3. The molecule has 1 aliphatic rings. The Morgan fingerprint density at radius 1 is 0.375 bits per heavy atom. The lowest BCUT2D eigenvalue weighted by Gasteiger charge is -2.06.